The summed E-state index contributed by atoms with van der Waals surface area (Å²) in [4.78, 5) is 12.2. The van der Waals surface area contributed by atoms with Crippen LogP contribution < -0.4 is 14.8 Å². The molecule has 1 amide bonds. The Morgan fingerprint density at radius 1 is 1.12 bits per heavy atom. The first kappa shape index (κ1) is 17.9. The van der Waals surface area contributed by atoms with E-state index in [4.69, 9.17) is 32.7 Å². The van der Waals surface area contributed by atoms with Crippen LogP contribution in [0.3, 0.4) is 0 Å². The lowest BCUT2D eigenvalue weighted by molar-refractivity contribution is -0.121. The van der Waals surface area contributed by atoms with Gasteiger partial charge in [-0.3, -0.25) is 4.79 Å². The number of benzene rings is 2. The molecule has 0 aromatic heterocycles. The topological polar surface area (TPSA) is 47.6 Å². The highest BCUT2D eigenvalue weighted by Crippen LogP contribution is 2.31. The molecule has 1 N–H and O–H groups in total. The largest absolute Gasteiger partial charge is 0.486 e. The summed E-state index contributed by atoms with van der Waals surface area (Å²) in [7, 11) is 0. The number of rotatable bonds is 5. The lowest BCUT2D eigenvalue weighted by Gasteiger charge is -2.19. The molecule has 0 unspecified atom stereocenters. The monoisotopic (exact) mass is 379 g/mol. The van der Waals surface area contributed by atoms with Gasteiger partial charge in [0.15, 0.2) is 11.5 Å². The maximum Gasteiger partial charge on any atom is 0.220 e. The Kier molecular flexibility index (Phi) is 5.71. The summed E-state index contributed by atoms with van der Waals surface area (Å²) in [6.45, 7) is 3.02. The van der Waals surface area contributed by atoms with Gasteiger partial charge in [0.2, 0.25) is 5.91 Å². The number of nitrogens with one attached hydrogen (secondary N) is 1. The maximum absolute atomic E-state index is 12.2. The van der Waals surface area contributed by atoms with E-state index in [0.29, 0.717) is 36.1 Å². The molecule has 3 rings (SSSR count). The smallest absolute Gasteiger partial charge is 0.220 e. The van der Waals surface area contributed by atoms with Gasteiger partial charge in [0.05, 0.1) is 6.04 Å². The molecule has 2 aromatic rings. The highest BCUT2D eigenvalue weighted by molar-refractivity contribution is 6.35. The van der Waals surface area contributed by atoms with Crippen LogP contribution in [0.15, 0.2) is 36.4 Å². The fourth-order valence-electron chi connectivity index (χ4n) is 2.75. The van der Waals surface area contributed by atoms with Gasteiger partial charge in [-0.05, 0) is 48.7 Å². The lowest BCUT2D eigenvalue weighted by Crippen LogP contribution is -2.27. The molecule has 0 saturated carbocycles. The molecule has 0 aliphatic carbocycles. The molecule has 4 nitrogen and oxygen atoms in total. The molecule has 0 radical (unpaired) electrons. The van der Waals surface area contributed by atoms with E-state index in [2.05, 4.69) is 5.32 Å². The van der Waals surface area contributed by atoms with Gasteiger partial charge >= 0.3 is 0 Å². The van der Waals surface area contributed by atoms with E-state index in [-0.39, 0.29) is 11.9 Å². The Hall–Kier alpha value is -1.91. The Morgan fingerprint density at radius 3 is 2.64 bits per heavy atom. The Bertz CT molecular complexity index is 779. The Balaban J connectivity index is 1.55. The molecule has 25 heavy (non-hydrogen) atoms. The number of carbonyl (C=O) groups excluding carboxylic acids is 1. The van der Waals surface area contributed by atoms with Crippen molar-refractivity contribution in [2.45, 2.75) is 25.8 Å². The number of hydrogen-bond acceptors (Lipinski definition) is 3. The summed E-state index contributed by atoms with van der Waals surface area (Å²) < 4.78 is 11.1. The van der Waals surface area contributed by atoms with Gasteiger partial charge in [-0.25, -0.2) is 0 Å². The molecule has 2 aromatic carbocycles. The van der Waals surface area contributed by atoms with Crippen LogP contribution in [0.25, 0.3) is 0 Å². The number of fused-ring (bicyclic) bond motifs is 1. The first-order valence-electron chi connectivity index (χ1n) is 8.16. The van der Waals surface area contributed by atoms with Crippen LogP contribution in [0, 0.1) is 0 Å². The summed E-state index contributed by atoms with van der Waals surface area (Å²) in [6, 6.07) is 10.9. The average molecular weight is 380 g/mol. The standard InChI is InChI=1S/C19H19Cl2NO3/c1-12(15-5-4-14(20)11-16(15)21)22-19(23)7-3-13-2-6-17-18(10-13)25-9-8-24-17/h2,4-6,10-12H,3,7-9H2,1H3,(H,22,23)/t12-/m0/s1. The van der Waals surface area contributed by atoms with Gasteiger partial charge in [-0.1, -0.05) is 35.3 Å². The second kappa shape index (κ2) is 7.98. The zero-order chi connectivity index (χ0) is 17.8. The second-order valence-electron chi connectivity index (χ2n) is 5.93. The van der Waals surface area contributed by atoms with Crippen molar-refractivity contribution in [3.8, 4) is 11.5 Å². The molecule has 1 aliphatic rings. The molecule has 0 fully saturated rings. The summed E-state index contributed by atoms with van der Waals surface area (Å²) in [5, 5.41) is 4.09. The summed E-state index contributed by atoms with van der Waals surface area (Å²) >= 11 is 12.1. The third kappa shape index (κ3) is 4.59. The average Bonchev–Trinajstić information content (AvgIpc) is 2.59. The van der Waals surface area contributed by atoms with Crippen molar-refractivity contribution in [3.05, 3.63) is 57.6 Å². The highest BCUT2D eigenvalue weighted by Gasteiger charge is 2.15. The number of amides is 1. The van der Waals surface area contributed by atoms with Crippen molar-refractivity contribution in [2.24, 2.45) is 0 Å². The third-order valence-corrected chi connectivity index (χ3v) is 4.62. The van der Waals surface area contributed by atoms with E-state index < -0.39 is 0 Å². The highest BCUT2D eigenvalue weighted by atomic mass is 35.5. The van der Waals surface area contributed by atoms with Crippen molar-refractivity contribution in [2.75, 3.05) is 13.2 Å². The zero-order valence-electron chi connectivity index (χ0n) is 13.9. The molecular formula is C19H19Cl2NO3. The summed E-state index contributed by atoms with van der Waals surface area (Å²) in [5.74, 6) is 1.46. The predicted octanol–water partition coefficient (Wildman–Crippen LogP) is 4.57. The summed E-state index contributed by atoms with van der Waals surface area (Å²) in [5.41, 5.74) is 1.88. The Morgan fingerprint density at radius 2 is 1.88 bits per heavy atom. The van der Waals surface area contributed by atoms with Crippen molar-refractivity contribution in [1.29, 1.82) is 0 Å². The minimum absolute atomic E-state index is 0.0339. The van der Waals surface area contributed by atoms with Crippen LogP contribution in [0.1, 0.15) is 30.5 Å². The second-order valence-corrected chi connectivity index (χ2v) is 6.78. The molecule has 1 atom stereocenters. The van der Waals surface area contributed by atoms with Gasteiger partial charge < -0.3 is 14.8 Å². The van der Waals surface area contributed by atoms with Crippen LogP contribution in [-0.4, -0.2) is 19.1 Å². The number of hydrogen-bond donors (Lipinski definition) is 1. The molecule has 1 aliphatic heterocycles. The first-order chi connectivity index (χ1) is 12.0. The first-order valence-corrected chi connectivity index (χ1v) is 8.91. The van der Waals surface area contributed by atoms with E-state index in [9.17, 15) is 4.79 Å². The number of aryl methyl sites for hydroxylation is 1. The van der Waals surface area contributed by atoms with E-state index in [1.54, 1.807) is 12.1 Å². The van der Waals surface area contributed by atoms with Crippen LogP contribution in [0.2, 0.25) is 10.0 Å². The lowest BCUT2D eigenvalue weighted by atomic mass is 10.1. The van der Waals surface area contributed by atoms with E-state index in [1.165, 1.54) is 0 Å². The molecule has 1 heterocycles. The minimum atomic E-state index is -0.183. The molecular weight excluding hydrogens is 361 g/mol. The molecule has 132 valence electrons. The summed E-state index contributed by atoms with van der Waals surface area (Å²) in [6.07, 6.45) is 1.01. The van der Waals surface area contributed by atoms with Gasteiger partial charge in [-0.2, -0.15) is 0 Å². The molecule has 0 saturated heterocycles. The number of ether oxygens (including phenoxy) is 2. The van der Waals surface area contributed by atoms with Crippen molar-refractivity contribution < 1.29 is 14.3 Å². The number of halogens is 2. The normalized spacial score (nSPS) is 14.0. The third-order valence-electron chi connectivity index (χ3n) is 4.05. The molecule has 0 bridgehead atoms. The van der Waals surface area contributed by atoms with Crippen molar-refractivity contribution in [3.63, 3.8) is 0 Å². The SMILES string of the molecule is C[C@H](NC(=O)CCc1ccc2c(c1)OCCO2)c1ccc(Cl)cc1Cl. The molecule has 0 spiro atoms. The maximum atomic E-state index is 12.2. The van der Waals surface area contributed by atoms with Crippen LogP contribution in [0.4, 0.5) is 0 Å². The minimum Gasteiger partial charge on any atom is -0.486 e. The fourth-order valence-corrected chi connectivity index (χ4v) is 3.32. The van der Waals surface area contributed by atoms with E-state index in [0.717, 1.165) is 22.6 Å². The fraction of sp³-hybridized carbons (Fsp3) is 0.316. The van der Waals surface area contributed by atoms with Crippen molar-refractivity contribution >= 4 is 29.1 Å². The number of carbonyl (C=O) groups is 1. The van der Waals surface area contributed by atoms with Crippen LogP contribution >= 0.6 is 23.2 Å². The molecule has 6 heteroatoms. The predicted molar refractivity (Wildman–Crippen MR) is 98.8 cm³/mol. The van der Waals surface area contributed by atoms with Gasteiger partial charge in [0, 0.05) is 16.5 Å². The Labute approximate surface area is 157 Å². The van der Waals surface area contributed by atoms with Gasteiger partial charge in [0.1, 0.15) is 13.2 Å². The van der Waals surface area contributed by atoms with Crippen molar-refractivity contribution in [1.82, 2.24) is 5.32 Å². The van der Waals surface area contributed by atoms with Crippen LogP contribution in [-0.2, 0) is 11.2 Å². The van der Waals surface area contributed by atoms with Gasteiger partial charge in [0.25, 0.3) is 0 Å². The van der Waals surface area contributed by atoms with E-state index >= 15 is 0 Å². The van der Waals surface area contributed by atoms with Gasteiger partial charge in [-0.15, -0.1) is 0 Å². The van der Waals surface area contributed by atoms with Crippen LogP contribution in [0.5, 0.6) is 11.5 Å². The quantitative estimate of drug-likeness (QED) is 0.827. The zero-order valence-corrected chi connectivity index (χ0v) is 15.4. The van der Waals surface area contributed by atoms with E-state index in [1.807, 2.05) is 31.2 Å².